The Hall–Kier alpha value is -1.89. The molecule has 0 spiro atoms. The van der Waals surface area contributed by atoms with Crippen molar-refractivity contribution in [1.29, 1.82) is 0 Å². The molecule has 132 valence electrons. The molecule has 1 aliphatic heterocycles. The summed E-state index contributed by atoms with van der Waals surface area (Å²) in [6.07, 6.45) is 2.05. The molecular weight excluding hydrogens is 312 g/mol. The molecule has 6 nitrogen and oxygen atoms in total. The number of carbonyl (C=O) groups is 1. The van der Waals surface area contributed by atoms with Crippen molar-refractivity contribution >= 4 is 5.78 Å². The number of phenolic OH excluding ortho intramolecular Hbond substituents is 2. The van der Waals surface area contributed by atoms with E-state index in [0.29, 0.717) is 19.3 Å². The summed E-state index contributed by atoms with van der Waals surface area (Å²) in [5, 5.41) is 18.9. The second-order valence-electron chi connectivity index (χ2n) is 5.74. The first-order valence-corrected chi connectivity index (χ1v) is 7.90. The maximum absolute atomic E-state index is 12.7. The Balaban J connectivity index is 2.06. The van der Waals surface area contributed by atoms with E-state index in [4.69, 9.17) is 14.2 Å². The number of hydrogen-bond acceptors (Lipinski definition) is 6. The first-order valence-electron chi connectivity index (χ1n) is 7.90. The quantitative estimate of drug-likeness (QED) is 0.613. The van der Waals surface area contributed by atoms with Gasteiger partial charge in [0.15, 0.2) is 24.1 Å². The van der Waals surface area contributed by atoms with Crippen LogP contribution in [0.2, 0.25) is 0 Å². The highest BCUT2D eigenvalue weighted by molar-refractivity contribution is 5.84. The third-order valence-corrected chi connectivity index (χ3v) is 4.28. The Bertz CT molecular complexity index is 610. The average molecular weight is 336 g/mol. The highest BCUT2D eigenvalue weighted by atomic mass is 16.8. The van der Waals surface area contributed by atoms with Crippen molar-refractivity contribution in [3.63, 3.8) is 0 Å². The molecule has 0 bridgehead atoms. The molecule has 0 unspecified atom stereocenters. The lowest BCUT2D eigenvalue weighted by Crippen LogP contribution is -2.40. The standard InChI is InChI=1S/C18H24O6/c1-4-12-13(10-17(22-2)24-18(12)23-3)14(19)7-5-11-6-8-15(20)16(21)9-11/h4,6,8-9,13,17-18,20-21H,5,7,10H2,1-3H3/b12-4+/t13-,17+,18-/m1/s1. The third-order valence-electron chi connectivity index (χ3n) is 4.28. The molecule has 2 N–H and O–H groups in total. The first-order chi connectivity index (χ1) is 11.5. The van der Waals surface area contributed by atoms with Crippen LogP contribution in [0.4, 0.5) is 0 Å². The normalized spacial score (nSPS) is 25.8. The topological polar surface area (TPSA) is 85.2 Å². The van der Waals surface area contributed by atoms with E-state index < -0.39 is 12.6 Å². The Morgan fingerprint density at radius 1 is 1.29 bits per heavy atom. The molecule has 1 fully saturated rings. The predicted octanol–water partition coefficient (Wildman–Crippen LogP) is 2.53. The molecule has 24 heavy (non-hydrogen) atoms. The summed E-state index contributed by atoms with van der Waals surface area (Å²) in [7, 11) is 3.08. The Kier molecular flexibility index (Phi) is 6.36. The molecule has 1 heterocycles. The highest BCUT2D eigenvalue weighted by Crippen LogP contribution is 2.33. The maximum atomic E-state index is 12.7. The van der Waals surface area contributed by atoms with Crippen LogP contribution in [0.5, 0.6) is 11.5 Å². The number of aryl methyl sites for hydroxylation is 1. The number of phenols is 2. The van der Waals surface area contributed by atoms with Crippen LogP contribution in [0.1, 0.15) is 25.3 Å². The van der Waals surface area contributed by atoms with E-state index in [0.717, 1.165) is 11.1 Å². The summed E-state index contributed by atoms with van der Waals surface area (Å²) in [5.41, 5.74) is 1.60. The largest absolute Gasteiger partial charge is 0.504 e. The maximum Gasteiger partial charge on any atom is 0.183 e. The van der Waals surface area contributed by atoms with Crippen LogP contribution in [0.3, 0.4) is 0 Å². The number of Topliss-reactive ketones (excluding diaryl/α,β-unsaturated/α-hetero) is 1. The molecule has 6 heteroatoms. The van der Waals surface area contributed by atoms with E-state index in [1.54, 1.807) is 13.2 Å². The minimum Gasteiger partial charge on any atom is -0.504 e. The second kappa shape index (κ2) is 8.28. The van der Waals surface area contributed by atoms with Gasteiger partial charge >= 0.3 is 0 Å². The van der Waals surface area contributed by atoms with Gasteiger partial charge in [-0.05, 0) is 36.6 Å². The van der Waals surface area contributed by atoms with Gasteiger partial charge < -0.3 is 24.4 Å². The summed E-state index contributed by atoms with van der Waals surface area (Å²) in [6.45, 7) is 1.86. The van der Waals surface area contributed by atoms with E-state index in [-0.39, 0.29) is 23.2 Å². The number of aromatic hydroxyl groups is 2. The summed E-state index contributed by atoms with van der Waals surface area (Å²) >= 11 is 0. The van der Waals surface area contributed by atoms with Gasteiger partial charge in [-0.2, -0.15) is 0 Å². The number of rotatable bonds is 6. The third kappa shape index (κ3) is 4.14. The van der Waals surface area contributed by atoms with Crippen molar-refractivity contribution < 1.29 is 29.2 Å². The van der Waals surface area contributed by atoms with Crippen LogP contribution in [-0.4, -0.2) is 42.8 Å². The number of ether oxygens (including phenoxy) is 3. The van der Waals surface area contributed by atoms with Gasteiger partial charge in [-0.25, -0.2) is 0 Å². The zero-order chi connectivity index (χ0) is 17.7. The van der Waals surface area contributed by atoms with Crippen LogP contribution in [0.15, 0.2) is 29.8 Å². The number of hydrogen-bond donors (Lipinski definition) is 2. The molecule has 3 atom stereocenters. The monoisotopic (exact) mass is 336 g/mol. The fourth-order valence-electron chi connectivity index (χ4n) is 2.93. The number of allylic oxidation sites excluding steroid dienone is 1. The summed E-state index contributed by atoms with van der Waals surface area (Å²) < 4.78 is 16.2. The van der Waals surface area contributed by atoms with Crippen molar-refractivity contribution in [1.82, 2.24) is 0 Å². The SMILES string of the molecule is C/C=C1/[C@H](OC)O[C@H](OC)C[C@H]1C(=O)CCc1ccc(O)c(O)c1. The van der Waals surface area contributed by atoms with Crippen LogP contribution in [0, 0.1) is 5.92 Å². The minimum absolute atomic E-state index is 0.0723. The number of ketones is 1. The van der Waals surface area contributed by atoms with Gasteiger partial charge in [0.25, 0.3) is 0 Å². The van der Waals surface area contributed by atoms with Crippen LogP contribution < -0.4 is 0 Å². The van der Waals surface area contributed by atoms with Gasteiger partial charge in [-0.15, -0.1) is 0 Å². The van der Waals surface area contributed by atoms with Gasteiger partial charge in [0.05, 0.1) is 0 Å². The Labute approximate surface area is 141 Å². The molecule has 0 radical (unpaired) electrons. The molecule has 0 amide bonds. The second-order valence-corrected chi connectivity index (χ2v) is 5.74. The Morgan fingerprint density at radius 2 is 2.04 bits per heavy atom. The molecule has 1 aromatic carbocycles. The minimum atomic E-state index is -0.583. The molecule has 1 saturated heterocycles. The number of methoxy groups -OCH3 is 2. The van der Waals surface area contributed by atoms with Gasteiger partial charge in [0, 0.05) is 33.0 Å². The number of carbonyl (C=O) groups excluding carboxylic acids is 1. The van der Waals surface area contributed by atoms with E-state index in [9.17, 15) is 15.0 Å². The smallest absolute Gasteiger partial charge is 0.183 e. The van der Waals surface area contributed by atoms with Crippen molar-refractivity contribution in [3.05, 3.63) is 35.4 Å². The van der Waals surface area contributed by atoms with Crippen LogP contribution in [-0.2, 0) is 25.4 Å². The zero-order valence-electron chi connectivity index (χ0n) is 14.2. The molecule has 0 aliphatic carbocycles. The molecule has 1 aliphatic rings. The van der Waals surface area contributed by atoms with E-state index >= 15 is 0 Å². The Morgan fingerprint density at radius 3 is 2.62 bits per heavy atom. The van der Waals surface area contributed by atoms with Gasteiger partial charge in [0.2, 0.25) is 0 Å². The molecule has 0 saturated carbocycles. The fourth-order valence-corrected chi connectivity index (χ4v) is 2.93. The lowest BCUT2D eigenvalue weighted by Gasteiger charge is -2.35. The highest BCUT2D eigenvalue weighted by Gasteiger charge is 2.37. The van der Waals surface area contributed by atoms with Crippen molar-refractivity contribution in [2.45, 2.75) is 38.8 Å². The van der Waals surface area contributed by atoms with E-state index in [1.165, 1.54) is 19.2 Å². The summed E-state index contributed by atoms with van der Waals surface area (Å²) in [5.74, 6) is -0.594. The van der Waals surface area contributed by atoms with Crippen LogP contribution >= 0.6 is 0 Å². The molecule has 2 rings (SSSR count). The fraction of sp³-hybridized carbons (Fsp3) is 0.500. The van der Waals surface area contributed by atoms with E-state index in [1.807, 2.05) is 13.0 Å². The van der Waals surface area contributed by atoms with Crippen molar-refractivity contribution in [2.24, 2.45) is 5.92 Å². The predicted molar refractivity (Wildman–Crippen MR) is 87.6 cm³/mol. The van der Waals surface area contributed by atoms with Gasteiger partial charge in [0.1, 0.15) is 5.78 Å². The first kappa shape index (κ1) is 18.4. The average Bonchev–Trinajstić information content (AvgIpc) is 2.60. The van der Waals surface area contributed by atoms with Crippen LogP contribution in [0.25, 0.3) is 0 Å². The zero-order valence-corrected chi connectivity index (χ0v) is 14.2. The van der Waals surface area contributed by atoms with Crippen molar-refractivity contribution in [3.8, 4) is 11.5 Å². The lowest BCUT2D eigenvalue weighted by atomic mass is 9.85. The van der Waals surface area contributed by atoms with Crippen molar-refractivity contribution in [2.75, 3.05) is 14.2 Å². The molecule has 1 aromatic rings. The number of benzene rings is 1. The summed E-state index contributed by atoms with van der Waals surface area (Å²) in [4.78, 5) is 12.7. The molecule has 0 aromatic heterocycles. The van der Waals surface area contributed by atoms with E-state index in [2.05, 4.69) is 0 Å². The molecular formula is C18H24O6. The van der Waals surface area contributed by atoms with Gasteiger partial charge in [-0.3, -0.25) is 4.79 Å². The lowest BCUT2D eigenvalue weighted by molar-refractivity contribution is -0.237. The van der Waals surface area contributed by atoms with Gasteiger partial charge in [-0.1, -0.05) is 12.1 Å². The summed E-state index contributed by atoms with van der Waals surface area (Å²) in [6, 6.07) is 4.58.